The van der Waals surface area contributed by atoms with E-state index in [2.05, 4.69) is 10.1 Å². The summed E-state index contributed by atoms with van der Waals surface area (Å²) in [7, 11) is 1.10. The zero-order chi connectivity index (χ0) is 20.8. The van der Waals surface area contributed by atoms with Gasteiger partial charge in [0.05, 0.1) is 23.7 Å². The van der Waals surface area contributed by atoms with E-state index in [-0.39, 0.29) is 29.8 Å². The Bertz CT molecular complexity index is 699. The van der Waals surface area contributed by atoms with Crippen molar-refractivity contribution >= 4 is 17.7 Å². The van der Waals surface area contributed by atoms with Crippen LogP contribution in [-0.4, -0.2) is 52.6 Å². The standard InChI is InChI=1S/C17H24N2O8/c1-17(2,3)27-16(23)18-8-7-13(20)14(21)11-6-5-10(19(24)25)9-12(11)15(22)26-4/h5-6,9,13-14,20-21H,7-8H2,1-4H3,(H,18,23). The number of rotatable bonds is 7. The smallest absolute Gasteiger partial charge is 0.407 e. The van der Waals surface area contributed by atoms with Gasteiger partial charge in [-0.2, -0.15) is 0 Å². The quantitative estimate of drug-likeness (QED) is 0.365. The van der Waals surface area contributed by atoms with E-state index in [1.54, 1.807) is 20.8 Å². The molecule has 0 saturated heterocycles. The highest BCUT2D eigenvalue weighted by atomic mass is 16.6. The lowest BCUT2D eigenvalue weighted by Crippen LogP contribution is -2.34. The number of carbonyl (C=O) groups is 2. The molecule has 150 valence electrons. The number of aliphatic hydroxyl groups is 2. The van der Waals surface area contributed by atoms with Gasteiger partial charge in [-0.3, -0.25) is 10.1 Å². The largest absolute Gasteiger partial charge is 0.465 e. The van der Waals surface area contributed by atoms with Crippen molar-refractivity contribution < 1.29 is 34.2 Å². The van der Waals surface area contributed by atoms with Gasteiger partial charge in [-0.1, -0.05) is 0 Å². The second kappa shape index (κ2) is 9.28. The van der Waals surface area contributed by atoms with Crippen LogP contribution in [0, 0.1) is 10.1 Å². The van der Waals surface area contributed by atoms with Crippen LogP contribution in [0.4, 0.5) is 10.5 Å². The number of amides is 1. The molecule has 1 rings (SSSR count). The first-order valence-corrected chi connectivity index (χ1v) is 8.16. The van der Waals surface area contributed by atoms with Crippen LogP contribution in [0.5, 0.6) is 0 Å². The molecule has 1 aromatic carbocycles. The Morgan fingerprint density at radius 2 is 1.93 bits per heavy atom. The summed E-state index contributed by atoms with van der Waals surface area (Å²) in [5, 5.41) is 33.8. The lowest BCUT2D eigenvalue weighted by atomic mass is 9.96. The number of nitro groups is 1. The van der Waals surface area contributed by atoms with Crippen LogP contribution in [-0.2, 0) is 9.47 Å². The minimum atomic E-state index is -1.51. The van der Waals surface area contributed by atoms with Gasteiger partial charge in [-0.15, -0.1) is 0 Å². The molecule has 10 heteroatoms. The molecule has 0 fully saturated rings. The first-order chi connectivity index (χ1) is 12.5. The Hall–Kier alpha value is -2.72. The van der Waals surface area contributed by atoms with Crippen LogP contribution in [0.3, 0.4) is 0 Å². The SMILES string of the molecule is COC(=O)c1cc([N+](=O)[O-])ccc1C(O)C(O)CCNC(=O)OC(C)(C)C. The van der Waals surface area contributed by atoms with E-state index < -0.39 is 34.8 Å². The molecule has 0 radical (unpaired) electrons. The summed E-state index contributed by atoms with van der Waals surface area (Å²) in [6, 6.07) is 3.26. The summed E-state index contributed by atoms with van der Waals surface area (Å²) in [5.74, 6) is -0.883. The van der Waals surface area contributed by atoms with E-state index in [1.165, 1.54) is 6.07 Å². The number of alkyl carbamates (subject to hydrolysis) is 1. The molecule has 2 atom stereocenters. The molecule has 3 N–H and O–H groups in total. The molecular formula is C17H24N2O8. The Balaban J connectivity index is 2.82. The Morgan fingerprint density at radius 3 is 2.44 bits per heavy atom. The van der Waals surface area contributed by atoms with Gasteiger partial charge in [0.2, 0.25) is 0 Å². The van der Waals surface area contributed by atoms with Gasteiger partial charge in [-0.25, -0.2) is 9.59 Å². The molecule has 0 aliphatic carbocycles. The van der Waals surface area contributed by atoms with Crippen LogP contribution in [0.15, 0.2) is 18.2 Å². The van der Waals surface area contributed by atoms with Gasteiger partial charge >= 0.3 is 12.1 Å². The number of aliphatic hydroxyl groups excluding tert-OH is 2. The predicted molar refractivity (Wildman–Crippen MR) is 94.3 cm³/mol. The Kier molecular flexibility index (Phi) is 7.68. The van der Waals surface area contributed by atoms with Crippen molar-refractivity contribution in [3.8, 4) is 0 Å². The maximum absolute atomic E-state index is 11.9. The van der Waals surface area contributed by atoms with Crippen molar-refractivity contribution in [2.45, 2.75) is 45.0 Å². The monoisotopic (exact) mass is 384 g/mol. The molecular weight excluding hydrogens is 360 g/mol. The van der Waals surface area contributed by atoms with Crippen molar-refractivity contribution in [3.63, 3.8) is 0 Å². The second-order valence-corrected chi connectivity index (χ2v) is 6.75. The number of nitrogens with zero attached hydrogens (tertiary/aromatic N) is 1. The molecule has 1 amide bonds. The number of nitrogens with one attached hydrogen (secondary N) is 1. The third kappa shape index (κ3) is 6.83. The summed E-state index contributed by atoms with van der Waals surface area (Å²) in [5.41, 5.74) is -1.26. The summed E-state index contributed by atoms with van der Waals surface area (Å²) in [4.78, 5) is 33.6. The number of benzene rings is 1. The van der Waals surface area contributed by atoms with Gasteiger partial charge in [0.15, 0.2) is 0 Å². The van der Waals surface area contributed by atoms with Crippen LogP contribution in [0.25, 0.3) is 0 Å². The molecule has 0 aliphatic heterocycles. The zero-order valence-corrected chi connectivity index (χ0v) is 15.6. The Labute approximate surface area is 156 Å². The van der Waals surface area contributed by atoms with Gasteiger partial charge in [0.1, 0.15) is 11.7 Å². The fourth-order valence-corrected chi connectivity index (χ4v) is 2.20. The van der Waals surface area contributed by atoms with Crippen molar-refractivity contribution in [1.82, 2.24) is 5.32 Å². The topological polar surface area (TPSA) is 148 Å². The minimum absolute atomic E-state index is 0.00762. The van der Waals surface area contributed by atoms with E-state index in [4.69, 9.17) is 4.74 Å². The summed E-state index contributed by atoms with van der Waals surface area (Å²) in [6.07, 6.45) is -3.57. The molecule has 0 aliphatic rings. The van der Waals surface area contributed by atoms with E-state index in [9.17, 15) is 29.9 Å². The van der Waals surface area contributed by atoms with Crippen LogP contribution < -0.4 is 5.32 Å². The fourth-order valence-electron chi connectivity index (χ4n) is 2.20. The van der Waals surface area contributed by atoms with Crippen LogP contribution in [0.1, 0.15) is 49.2 Å². The predicted octanol–water partition coefficient (Wildman–Crippen LogP) is 1.69. The maximum Gasteiger partial charge on any atom is 0.407 e. The summed E-state index contributed by atoms with van der Waals surface area (Å²) < 4.78 is 9.62. The van der Waals surface area contributed by atoms with Crippen LogP contribution >= 0.6 is 0 Å². The van der Waals surface area contributed by atoms with E-state index in [0.717, 1.165) is 19.2 Å². The molecule has 0 spiro atoms. The average Bonchev–Trinajstić information content (AvgIpc) is 2.58. The first-order valence-electron chi connectivity index (χ1n) is 8.16. The normalized spacial score (nSPS) is 13.4. The minimum Gasteiger partial charge on any atom is -0.465 e. The van der Waals surface area contributed by atoms with Crippen molar-refractivity contribution in [3.05, 3.63) is 39.4 Å². The first kappa shape index (κ1) is 22.3. The zero-order valence-electron chi connectivity index (χ0n) is 15.6. The lowest BCUT2D eigenvalue weighted by Gasteiger charge is -2.22. The van der Waals surface area contributed by atoms with Crippen LogP contribution in [0.2, 0.25) is 0 Å². The number of non-ortho nitro benzene ring substituents is 1. The summed E-state index contributed by atoms with van der Waals surface area (Å²) in [6.45, 7) is 5.12. The molecule has 1 aromatic rings. The average molecular weight is 384 g/mol. The van der Waals surface area contributed by atoms with Gasteiger partial charge in [0.25, 0.3) is 5.69 Å². The fraction of sp³-hybridized carbons (Fsp3) is 0.529. The number of nitro benzene ring substituents is 1. The van der Waals surface area contributed by atoms with Gasteiger partial charge in [0, 0.05) is 18.7 Å². The van der Waals surface area contributed by atoms with Gasteiger partial charge in [-0.05, 0) is 38.8 Å². The molecule has 0 bridgehead atoms. The van der Waals surface area contributed by atoms with E-state index in [1.807, 2.05) is 0 Å². The second-order valence-electron chi connectivity index (χ2n) is 6.75. The molecule has 10 nitrogen and oxygen atoms in total. The lowest BCUT2D eigenvalue weighted by molar-refractivity contribution is -0.384. The maximum atomic E-state index is 11.9. The van der Waals surface area contributed by atoms with Crippen molar-refractivity contribution in [1.29, 1.82) is 0 Å². The van der Waals surface area contributed by atoms with E-state index >= 15 is 0 Å². The number of carbonyl (C=O) groups excluding carboxylic acids is 2. The number of hydrogen-bond acceptors (Lipinski definition) is 8. The molecule has 2 unspecified atom stereocenters. The molecule has 27 heavy (non-hydrogen) atoms. The van der Waals surface area contributed by atoms with Gasteiger partial charge < -0.3 is 25.0 Å². The highest BCUT2D eigenvalue weighted by molar-refractivity contribution is 5.92. The number of methoxy groups -OCH3 is 1. The van der Waals surface area contributed by atoms with Crippen molar-refractivity contribution in [2.24, 2.45) is 0 Å². The highest BCUT2D eigenvalue weighted by Gasteiger charge is 2.26. The molecule has 0 saturated carbocycles. The summed E-state index contributed by atoms with van der Waals surface area (Å²) >= 11 is 0. The van der Waals surface area contributed by atoms with Crippen molar-refractivity contribution in [2.75, 3.05) is 13.7 Å². The number of esters is 1. The Morgan fingerprint density at radius 1 is 1.30 bits per heavy atom. The molecule has 0 heterocycles. The molecule has 0 aromatic heterocycles. The highest BCUT2D eigenvalue weighted by Crippen LogP contribution is 2.27. The number of ether oxygens (including phenoxy) is 2. The van der Waals surface area contributed by atoms with E-state index in [0.29, 0.717) is 0 Å². The number of hydrogen-bond donors (Lipinski definition) is 3. The third-order valence-electron chi connectivity index (χ3n) is 3.44. The third-order valence-corrected chi connectivity index (χ3v) is 3.44.